The van der Waals surface area contributed by atoms with Gasteiger partial charge in [-0.3, -0.25) is 13.4 Å². The number of H-pyrrole nitrogens is 1. The molecule has 8 aromatic heterocycles. The first-order chi connectivity index (χ1) is 42.1. The van der Waals surface area contributed by atoms with E-state index in [9.17, 15) is 0 Å². The molecule has 85 heavy (non-hydrogen) atoms. The minimum Gasteiger partial charge on any atom is -0.339 e. The highest BCUT2D eigenvalue weighted by Crippen LogP contribution is 2.39. The molecule has 1 N–H and O–H groups in total. The van der Waals surface area contributed by atoms with E-state index in [0.717, 1.165) is 83.2 Å². The molecule has 8 heterocycles. The van der Waals surface area contributed by atoms with Crippen LogP contribution in [0.15, 0.2) is 267 Å². The quantitative estimate of drug-likeness (QED) is 0.169. The highest BCUT2D eigenvalue weighted by atomic mass is 35.5. The van der Waals surface area contributed by atoms with Crippen LogP contribution in [0, 0.1) is 0 Å². The van der Waals surface area contributed by atoms with Gasteiger partial charge in [-0.1, -0.05) is 243 Å². The summed E-state index contributed by atoms with van der Waals surface area (Å²) in [4.78, 5) is 41.8. The number of hydrogen-bond acceptors (Lipinski definition) is 8. The van der Waals surface area contributed by atoms with Gasteiger partial charge in [0.05, 0.1) is 16.6 Å². The molecule has 12 nitrogen and oxygen atoms in total. The molecule has 0 spiro atoms. The van der Waals surface area contributed by atoms with Crippen LogP contribution >= 0.6 is 11.6 Å². The molecule has 18 rings (SSSR count). The number of halogens is 1. The molecule has 0 saturated carbocycles. The van der Waals surface area contributed by atoms with Crippen LogP contribution in [0.5, 0.6) is 0 Å². The number of imidazole rings is 2. The van der Waals surface area contributed by atoms with E-state index in [1.807, 2.05) is 121 Å². The Morgan fingerprint density at radius 2 is 0.647 bits per heavy atom. The first-order valence-corrected chi connectivity index (χ1v) is 28.3. The van der Waals surface area contributed by atoms with E-state index in [-0.39, 0.29) is 5.28 Å². The van der Waals surface area contributed by atoms with Crippen LogP contribution in [-0.4, -0.2) is 58.2 Å². The topological polar surface area (TPSA) is 133 Å². The molecule has 18 aromatic rings. The van der Waals surface area contributed by atoms with Gasteiger partial charge in [-0.15, -0.1) is 0 Å². The average molecular weight is 1110 g/mol. The maximum atomic E-state index is 5.99. The zero-order valence-electron chi connectivity index (χ0n) is 45.2. The van der Waals surface area contributed by atoms with Crippen molar-refractivity contribution in [1.29, 1.82) is 0 Å². The average Bonchev–Trinajstić information content (AvgIpc) is 2.26. The summed E-state index contributed by atoms with van der Waals surface area (Å²) in [5.74, 6) is 2.95. The van der Waals surface area contributed by atoms with Gasteiger partial charge in [0.1, 0.15) is 28.0 Å². The number of fused-ring (bicyclic) bond motifs is 20. The highest BCUT2D eigenvalue weighted by molar-refractivity contribution is 6.28. The Morgan fingerprint density at radius 3 is 1.15 bits per heavy atom. The summed E-state index contributed by atoms with van der Waals surface area (Å²) in [7, 11) is 0. The molecular weight excluding hydrogens is 1070 g/mol. The van der Waals surface area contributed by atoms with E-state index >= 15 is 0 Å². The summed E-state index contributed by atoms with van der Waals surface area (Å²) in [6.07, 6.45) is 0. The number of nitrogens with one attached hydrogen (secondary N) is 1. The molecule has 0 aliphatic heterocycles. The van der Waals surface area contributed by atoms with Gasteiger partial charge in [0.15, 0.2) is 28.9 Å². The van der Waals surface area contributed by atoms with E-state index in [1.165, 1.54) is 37.8 Å². The van der Waals surface area contributed by atoms with Crippen molar-refractivity contribution in [3.63, 3.8) is 0 Å². The van der Waals surface area contributed by atoms with Gasteiger partial charge in [0.2, 0.25) is 11.2 Å². The molecule has 0 atom stereocenters. The third kappa shape index (κ3) is 8.46. The van der Waals surface area contributed by atoms with E-state index in [4.69, 9.17) is 36.5 Å². The Hall–Kier alpha value is -11.5. The molecule has 0 amide bonds. The number of pyridine rings is 2. The predicted molar refractivity (Wildman–Crippen MR) is 344 cm³/mol. The van der Waals surface area contributed by atoms with Crippen LogP contribution < -0.4 is 0 Å². The monoisotopic (exact) mass is 1110 g/mol. The van der Waals surface area contributed by atoms with Crippen LogP contribution in [0.1, 0.15) is 0 Å². The minimum atomic E-state index is 0.202. The first kappa shape index (κ1) is 49.4. The lowest BCUT2D eigenvalue weighted by atomic mass is 10.1. The maximum Gasteiger partial charge on any atom is 0.240 e. The molecular formula is C72H45ClN12. The number of para-hydroxylation sites is 4. The number of aromatic amines is 1. The second kappa shape index (κ2) is 20.5. The summed E-state index contributed by atoms with van der Waals surface area (Å²) in [5, 5.41) is 9.56. The molecule has 13 heteroatoms. The van der Waals surface area contributed by atoms with Crippen LogP contribution in [0.3, 0.4) is 0 Å². The molecule has 400 valence electrons. The fourth-order valence-electron chi connectivity index (χ4n) is 11.8. The standard InChI is InChI=1S/C36H22N6.C21H13N3.C15H10ClN3/c1-3-13-23(14-4-1)32-38-33(24-15-5-2-6-16-24)40-36(39-32)42-30-22-12-10-20-28(30)31-35(42)41-29-21-11-9-18-26(29)25-17-7-8-19-27(25)34(41)37-31;1-2-9-15-13(7-1)14-8-4-6-12-18(14)24-20(15)23-19-16-10-3-5-11-17(16)22-21(19)24;16-15-18-13(11-7-3-1-4-8-11)17-14(19-15)12-9-5-2-6-10-12/h1-22H;1-12,22H;1-10H. The van der Waals surface area contributed by atoms with Gasteiger partial charge in [-0.25, -0.2) is 19.9 Å². The minimum absolute atomic E-state index is 0.202. The van der Waals surface area contributed by atoms with E-state index < -0.39 is 0 Å². The molecule has 0 bridgehead atoms. The Kier molecular flexibility index (Phi) is 11.9. The third-order valence-corrected chi connectivity index (χ3v) is 15.7. The zero-order valence-corrected chi connectivity index (χ0v) is 46.0. The van der Waals surface area contributed by atoms with Crippen molar-refractivity contribution in [3.8, 4) is 51.5 Å². The molecule has 0 aliphatic carbocycles. The van der Waals surface area contributed by atoms with Crippen molar-refractivity contribution in [2.24, 2.45) is 0 Å². The molecule has 0 fully saturated rings. The van der Waals surface area contributed by atoms with Gasteiger partial charge >= 0.3 is 0 Å². The number of nitrogens with zero attached hydrogens (tertiary/aromatic N) is 11. The maximum absolute atomic E-state index is 5.99. The third-order valence-electron chi connectivity index (χ3n) is 15.5. The van der Waals surface area contributed by atoms with Crippen LogP contribution in [-0.2, 0) is 0 Å². The van der Waals surface area contributed by atoms with Crippen LogP contribution in [0.2, 0.25) is 5.28 Å². The van der Waals surface area contributed by atoms with Gasteiger partial charge < -0.3 is 4.98 Å². The Balaban J connectivity index is 0.000000115. The number of rotatable bonds is 5. The second-order valence-electron chi connectivity index (χ2n) is 20.6. The first-order valence-electron chi connectivity index (χ1n) is 27.9. The Morgan fingerprint density at radius 1 is 0.282 bits per heavy atom. The van der Waals surface area contributed by atoms with E-state index in [1.54, 1.807) is 0 Å². The van der Waals surface area contributed by atoms with Crippen LogP contribution in [0.25, 0.3) is 150 Å². The number of hydrogen-bond donors (Lipinski definition) is 1. The highest BCUT2D eigenvalue weighted by Gasteiger charge is 2.24. The number of aromatic nitrogens is 12. The lowest BCUT2D eigenvalue weighted by Crippen LogP contribution is -2.07. The molecule has 0 unspecified atom stereocenters. The van der Waals surface area contributed by atoms with E-state index in [2.05, 4.69) is 179 Å². The summed E-state index contributed by atoms with van der Waals surface area (Å²) >= 11 is 5.99. The Labute approximate surface area is 489 Å². The predicted octanol–water partition coefficient (Wildman–Crippen LogP) is 17.4. The lowest BCUT2D eigenvalue weighted by molar-refractivity contribution is 0.942. The van der Waals surface area contributed by atoms with Crippen molar-refractivity contribution >= 4 is 110 Å². The second-order valence-corrected chi connectivity index (χ2v) is 20.9. The van der Waals surface area contributed by atoms with Gasteiger partial charge in [0, 0.05) is 60.1 Å². The molecule has 10 aromatic carbocycles. The molecule has 0 radical (unpaired) electrons. The molecule has 0 aliphatic rings. The van der Waals surface area contributed by atoms with Crippen molar-refractivity contribution in [2.45, 2.75) is 0 Å². The van der Waals surface area contributed by atoms with Crippen LogP contribution in [0.4, 0.5) is 0 Å². The van der Waals surface area contributed by atoms with Gasteiger partial charge in [-0.2, -0.15) is 19.9 Å². The van der Waals surface area contributed by atoms with Gasteiger partial charge in [0.25, 0.3) is 0 Å². The molecule has 0 saturated heterocycles. The van der Waals surface area contributed by atoms with Crippen molar-refractivity contribution < 1.29 is 0 Å². The van der Waals surface area contributed by atoms with Crippen molar-refractivity contribution in [2.75, 3.05) is 0 Å². The van der Waals surface area contributed by atoms with E-state index in [0.29, 0.717) is 29.2 Å². The summed E-state index contributed by atoms with van der Waals surface area (Å²) in [5.41, 5.74) is 13.9. The van der Waals surface area contributed by atoms with Gasteiger partial charge in [-0.05, 0) is 46.6 Å². The fourth-order valence-corrected chi connectivity index (χ4v) is 11.9. The smallest absolute Gasteiger partial charge is 0.240 e. The lowest BCUT2D eigenvalue weighted by Gasteiger charge is -2.12. The Bertz CT molecular complexity index is 5450. The largest absolute Gasteiger partial charge is 0.339 e. The summed E-state index contributed by atoms with van der Waals surface area (Å²) in [6.45, 7) is 0. The fraction of sp³-hybridized carbons (Fsp3) is 0. The SMILES string of the molecule is Clc1nc(-c2ccccc2)nc(-c2ccccc2)n1.c1ccc(-c2nc(-c3ccccc3)nc(-n3c4ccccc4c4nc5c6ccccc6c6ccccc6n5c43)n2)cc1.c1ccc2c(c1)[nH]c1c2nc2c3ccccc3c3ccccc3n21. The number of benzene rings is 10. The summed E-state index contributed by atoms with van der Waals surface area (Å²) in [6, 6.07) is 90.4. The zero-order chi connectivity index (χ0) is 56.4. The van der Waals surface area contributed by atoms with Crippen molar-refractivity contribution in [1.82, 2.24) is 58.2 Å². The summed E-state index contributed by atoms with van der Waals surface area (Å²) < 4.78 is 6.67. The normalized spacial score (nSPS) is 11.6. The van der Waals surface area contributed by atoms with Crippen molar-refractivity contribution in [3.05, 3.63) is 272 Å².